The first-order chi connectivity index (χ1) is 10.6. The van der Waals surface area contributed by atoms with E-state index in [0.29, 0.717) is 29.8 Å². The third kappa shape index (κ3) is 3.26. The third-order valence-corrected chi connectivity index (χ3v) is 3.67. The van der Waals surface area contributed by atoms with Gasteiger partial charge in [-0.05, 0) is 31.0 Å². The van der Waals surface area contributed by atoms with Crippen molar-refractivity contribution >= 4 is 17.6 Å². The van der Waals surface area contributed by atoms with Gasteiger partial charge in [-0.15, -0.1) is 0 Å². The second kappa shape index (κ2) is 6.76. The summed E-state index contributed by atoms with van der Waals surface area (Å²) in [4.78, 5) is 23.7. The number of nitrogens with zero attached hydrogens (tertiary/aromatic N) is 1. The van der Waals surface area contributed by atoms with Crippen LogP contribution in [0.15, 0.2) is 30.4 Å². The highest BCUT2D eigenvalue weighted by Crippen LogP contribution is 2.30. The first-order valence-corrected chi connectivity index (χ1v) is 6.83. The number of nitriles is 1. The van der Waals surface area contributed by atoms with Crippen molar-refractivity contribution in [3.8, 4) is 11.8 Å². The van der Waals surface area contributed by atoms with E-state index in [0.717, 1.165) is 0 Å². The molecule has 0 aromatic heterocycles. The highest BCUT2D eigenvalue weighted by Gasteiger charge is 2.34. The van der Waals surface area contributed by atoms with Crippen LogP contribution in [-0.4, -0.2) is 24.1 Å². The average Bonchev–Trinajstić information content (AvgIpc) is 2.54. The summed E-state index contributed by atoms with van der Waals surface area (Å²) >= 11 is 0. The van der Waals surface area contributed by atoms with Gasteiger partial charge < -0.3 is 15.2 Å². The number of rotatable bonds is 4. The zero-order chi connectivity index (χ0) is 16.1. The topological polar surface area (TPSA) is 99.4 Å². The summed E-state index contributed by atoms with van der Waals surface area (Å²) in [7, 11) is 1.46. The van der Waals surface area contributed by atoms with E-state index in [1.54, 1.807) is 18.2 Å². The van der Waals surface area contributed by atoms with E-state index in [9.17, 15) is 14.7 Å². The van der Waals surface area contributed by atoms with Crippen LogP contribution in [0.4, 0.5) is 5.69 Å². The predicted octanol–water partition coefficient (Wildman–Crippen LogP) is 2.17. The number of carboxylic acids is 1. The molecule has 1 aliphatic carbocycles. The Morgan fingerprint density at radius 2 is 2.00 bits per heavy atom. The maximum Gasteiger partial charge on any atom is 0.307 e. The minimum atomic E-state index is -0.984. The molecule has 2 unspecified atom stereocenters. The molecule has 6 nitrogen and oxygen atoms in total. The molecule has 22 heavy (non-hydrogen) atoms. The number of carbonyl (C=O) groups excluding carboxylic acids is 1. The van der Waals surface area contributed by atoms with Gasteiger partial charge in [0.2, 0.25) is 5.91 Å². The Hall–Kier alpha value is -2.81. The van der Waals surface area contributed by atoms with Crippen molar-refractivity contribution in [2.24, 2.45) is 11.8 Å². The average molecular weight is 300 g/mol. The molecule has 114 valence electrons. The van der Waals surface area contributed by atoms with E-state index < -0.39 is 17.8 Å². The van der Waals surface area contributed by atoms with E-state index in [2.05, 4.69) is 5.32 Å². The quantitative estimate of drug-likeness (QED) is 0.830. The molecule has 2 N–H and O–H groups in total. The van der Waals surface area contributed by atoms with Crippen molar-refractivity contribution in [3.05, 3.63) is 35.9 Å². The number of hydrogen-bond acceptors (Lipinski definition) is 4. The summed E-state index contributed by atoms with van der Waals surface area (Å²) in [5, 5.41) is 20.8. The lowest BCUT2D eigenvalue weighted by Gasteiger charge is -2.24. The van der Waals surface area contributed by atoms with Crippen molar-refractivity contribution in [2.45, 2.75) is 12.8 Å². The van der Waals surface area contributed by atoms with Gasteiger partial charge in [0.1, 0.15) is 5.75 Å². The number of allylic oxidation sites excluding steroid dienone is 2. The fourth-order valence-corrected chi connectivity index (χ4v) is 2.48. The fourth-order valence-electron chi connectivity index (χ4n) is 2.48. The zero-order valence-corrected chi connectivity index (χ0v) is 12.1. The van der Waals surface area contributed by atoms with Crippen LogP contribution in [0, 0.1) is 23.2 Å². The standard InChI is InChI=1S/C16H16N2O4/c1-22-14-7-6-10(9-17)8-13(14)18-15(19)11-4-2-3-5-12(11)16(20)21/h2-3,6-8,11-12H,4-5H2,1H3,(H,18,19)(H,20,21). The van der Waals surface area contributed by atoms with Gasteiger partial charge in [-0.2, -0.15) is 5.26 Å². The summed E-state index contributed by atoms with van der Waals surface area (Å²) in [6.45, 7) is 0. The lowest BCUT2D eigenvalue weighted by atomic mass is 9.82. The Balaban J connectivity index is 2.23. The Labute approximate surface area is 128 Å². The van der Waals surface area contributed by atoms with E-state index in [1.807, 2.05) is 12.1 Å². The van der Waals surface area contributed by atoms with Crippen LogP contribution in [0.3, 0.4) is 0 Å². The minimum Gasteiger partial charge on any atom is -0.495 e. The van der Waals surface area contributed by atoms with E-state index in [-0.39, 0.29) is 5.91 Å². The van der Waals surface area contributed by atoms with Crippen LogP contribution < -0.4 is 10.1 Å². The molecule has 0 bridgehead atoms. The number of carboxylic acid groups (broad SMARTS) is 1. The smallest absolute Gasteiger partial charge is 0.307 e. The number of hydrogen-bond donors (Lipinski definition) is 2. The lowest BCUT2D eigenvalue weighted by molar-refractivity contribution is -0.146. The summed E-state index contributed by atoms with van der Waals surface area (Å²) in [6.07, 6.45) is 4.30. The van der Waals surface area contributed by atoms with Gasteiger partial charge in [-0.25, -0.2) is 0 Å². The summed E-state index contributed by atoms with van der Waals surface area (Å²) in [5.41, 5.74) is 0.750. The maximum absolute atomic E-state index is 12.4. The van der Waals surface area contributed by atoms with Crippen molar-refractivity contribution in [2.75, 3.05) is 12.4 Å². The van der Waals surface area contributed by atoms with E-state index >= 15 is 0 Å². The first kappa shape index (κ1) is 15.6. The van der Waals surface area contributed by atoms with Crippen LogP contribution in [0.5, 0.6) is 5.75 Å². The second-order valence-electron chi connectivity index (χ2n) is 5.01. The van der Waals surface area contributed by atoms with Gasteiger partial charge in [0.15, 0.2) is 0 Å². The number of nitrogens with one attached hydrogen (secondary N) is 1. The Morgan fingerprint density at radius 3 is 2.59 bits per heavy atom. The Morgan fingerprint density at radius 1 is 1.32 bits per heavy atom. The SMILES string of the molecule is COc1ccc(C#N)cc1NC(=O)C1CC=CCC1C(=O)O. The van der Waals surface area contributed by atoms with Crippen molar-refractivity contribution in [1.82, 2.24) is 0 Å². The molecule has 6 heteroatoms. The molecule has 0 saturated heterocycles. The summed E-state index contributed by atoms with van der Waals surface area (Å²) in [5.74, 6) is -2.33. The molecule has 2 rings (SSSR count). The zero-order valence-electron chi connectivity index (χ0n) is 12.1. The Kier molecular flexibility index (Phi) is 4.79. The van der Waals surface area contributed by atoms with Crippen molar-refractivity contribution in [1.29, 1.82) is 5.26 Å². The van der Waals surface area contributed by atoms with Crippen LogP contribution >= 0.6 is 0 Å². The van der Waals surface area contributed by atoms with Gasteiger partial charge in [-0.3, -0.25) is 9.59 Å². The van der Waals surface area contributed by atoms with Crippen molar-refractivity contribution < 1.29 is 19.4 Å². The molecule has 1 aromatic carbocycles. The van der Waals surface area contributed by atoms with Gasteiger partial charge in [-0.1, -0.05) is 12.2 Å². The normalized spacial score (nSPS) is 20.0. The fraction of sp³-hybridized carbons (Fsp3) is 0.312. The molecule has 1 aliphatic rings. The molecular weight excluding hydrogens is 284 g/mol. The van der Waals surface area contributed by atoms with Gasteiger partial charge in [0, 0.05) is 0 Å². The summed E-state index contributed by atoms with van der Waals surface area (Å²) in [6, 6.07) is 6.66. The third-order valence-electron chi connectivity index (χ3n) is 3.67. The monoisotopic (exact) mass is 300 g/mol. The number of anilines is 1. The van der Waals surface area contributed by atoms with Crippen molar-refractivity contribution in [3.63, 3.8) is 0 Å². The molecule has 0 saturated carbocycles. The molecule has 1 amide bonds. The lowest BCUT2D eigenvalue weighted by Crippen LogP contribution is -2.34. The van der Waals surface area contributed by atoms with Crippen LogP contribution in [0.2, 0.25) is 0 Å². The van der Waals surface area contributed by atoms with Gasteiger partial charge in [0.05, 0.1) is 36.3 Å². The van der Waals surface area contributed by atoms with Gasteiger partial charge >= 0.3 is 5.97 Å². The molecule has 1 aromatic rings. The molecule has 0 spiro atoms. The largest absolute Gasteiger partial charge is 0.495 e. The first-order valence-electron chi connectivity index (χ1n) is 6.83. The number of carbonyl (C=O) groups is 2. The maximum atomic E-state index is 12.4. The molecule has 0 heterocycles. The number of methoxy groups -OCH3 is 1. The van der Waals surface area contributed by atoms with Crippen LogP contribution in [0.25, 0.3) is 0 Å². The molecular formula is C16H16N2O4. The van der Waals surface area contributed by atoms with Gasteiger partial charge in [0.25, 0.3) is 0 Å². The predicted molar refractivity (Wildman–Crippen MR) is 79.3 cm³/mol. The number of benzene rings is 1. The van der Waals surface area contributed by atoms with Crippen LogP contribution in [0.1, 0.15) is 18.4 Å². The van der Waals surface area contributed by atoms with Crippen LogP contribution in [-0.2, 0) is 9.59 Å². The summed E-state index contributed by atoms with van der Waals surface area (Å²) < 4.78 is 5.15. The van der Waals surface area contributed by atoms with E-state index in [1.165, 1.54) is 13.2 Å². The number of amides is 1. The minimum absolute atomic E-state index is 0.336. The van der Waals surface area contributed by atoms with E-state index in [4.69, 9.17) is 10.00 Å². The number of aliphatic carboxylic acids is 1. The molecule has 2 atom stereocenters. The molecule has 0 fully saturated rings. The highest BCUT2D eigenvalue weighted by molar-refractivity contribution is 5.96. The molecule has 0 radical (unpaired) electrons. The number of ether oxygens (including phenoxy) is 1. The Bertz CT molecular complexity index is 661. The highest BCUT2D eigenvalue weighted by atomic mass is 16.5. The second-order valence-corrected chi connectivity index (χ2v) is 5.01. The molecule has 0 aliphatic heterocycles.